The summed E-state index contributed by atoms with van der Waals surface area (Å²) in [5.41, 5.74) is 12.9. The lowest BCUT2D eigenvalue weighted by molar-refractivity contribution is 0.967. The predicted molar refractivity (Wildman–Crippen MR) is 58.7 cm³/mol. The summed E-state index contributed by atoms with van der Waals surface area (Å²) in [5.74, 6) is 0. The molecule has 0 fully saturated rings. The van der Waals surface area contributed by atoms with Gasteiger partial charge in [-0.15, -0.1) is 0 Å². The van der Waals surface area contributed by atoms with Crippen molar-refractivity contribution in [2.24, 2.45) is 0 Å². The molecule has 0 aliphatic heterocycles. The van der Waals surface area contributed by atoms with Gasteiger partial charge in [0.05, 0.1) is 23.5 Å². The Hall–Kier alpha value is -2.40. The van der Waals surface area contributed by atoms with Gasteiger partial charge < -0.3 is 16.4 Å². The third-order valence-electron chi connectivity index (χ3n) is 1.96. The van der Waals surface area contributed by atoms with Crippen molar-refractivity contribution in [1.82, 2.24) is 0 Å². The van der Waals surface area contributed by atoms with Gasteiger partial charge in [-0.2, -0.15) is 10.5 Å². The molecule has 15 heavy (non-hydrogen) atoms. The third-order valence-corrected chi connectivity index (χ3v) is 1.96. The highest BCUT2D eigenvalue weighted by atomic mass is 15.1. The first-order valence-corrected chi connectivity index (χ1v) is 4.33. The number of hydrogen-bond acceptors (Lipinski definition) is 5. The van der Waals surface area contributed by atoms with Crippen molar-refractivity contribution in [2.45, 2.75) is 0 Å². The van der Waals surface area contributed by atoms with Crippen LogP contribution in [0.4, 0.5) is 17.1 Å². The highest BCUT2D eigenvalue weighted by molar-refractivity contribution is 5.70. The average molecular weight is 201 g/mol. The number of nitrogens with zero attached hydrogens (tertiary/aromatic N) is 3. The molecule has 1 aromatic rings. The Bertz CT molecular complexity index is 410. The van der Waals surface area contributed by atoms with Crippen molar-refractivity contribution < 1.29 is 0 Å². The first-order valence-electron chi connectivity index (χ1n) is 4.33. The van der Waals surface area contributed by atoms with E-state index < -0.39 is 0 Å². The molecule has 4 N–H and O–H groups in total. The monoisotopic (exact) mass is 201 g/mol. The van der Waals surface area contributed by atoms with Gasteiger partial charge in [-0.25, -0.2) is 0 Å². The molecule has 0 bridgehead atoms. The minimum atomic E-state index is 0.150. The topological polar surface area (TPSA) is 103 Å². The molecule has 0 heterocycles. The van der Waals surface area contributed by atoms with Gasteiger partial charge in [0.1, 0.15) is 13.1 Å². The number of hydrogen-bond donors (Lipinski definition) is 2. The maximum Gasteiger partial charge on any atom is 0.106 e. The molecule has 76 valence electrons. The van der Waals surface area contributed by atoms with E-state index in [0.29, 0.717) is 11.4 Å². The van der Waals surface area contributed by atoms with E-state index in [2.05, 4.69) is 0 Å². The summed E-state index contributed by atoms with van der Waals surface area (Å²) in [4.78, 5) is 1.62. The molecule has 0 spiro atoms. The fraction of sp³-hybridized carbons (Fsp3) is 0.200. The highest BCUT2D eigenvalue weighted by Crippen LogP contribution is 2.22. The minimum absolute atomic E-state index is 0.150. The van der Waals surface area contributed by atoms with Gasteiger partial charge in [0.15, 0.2) is 0 Å². The lowest BCUT2D eigenvalue weighted by Crippen LogP contribution is -2.23. The van der Waals surface area contributed by atoms with E-state index in [0.717, 1.165) is 5.69 Å². The Morgan fingerprint density at radius 1 is 1.07 bits per heavy atom. The molecule has 0 amide bonds. The Morgan fingerprint density at radius 2 is 1.67 bits per heavy atom. The van der Waals surface area contributed by atoms with E-state index in [1.54, 1.807) is 23.1 Å². The molecule has 0 radical (unpaired) electrons. The smallest absolute Gasteiger partial charge is 0.106 e. The molecule has 0 atom stereocenters. The van der Waals surface area contributed by atoms with E-state index >= 15 is 0 Å². The Morgan fingerprint density at radius 3 is 2.13 bits per heavy atom. The Balaban J connectivity index is 2.97. The Labute approximate surface area is 88.1 Å². The summed E-state index contributed by atoms with van der Waals surface area (Å²) in [5, 5.41) is 17.2. The molecule has 5 nitrogen and oxygen atoms in total. The number of nitriles is 2. The number of nitrogen functional groups attached to an aromatic ring is 2. The normalized spacial score (nSPS) is 8.93. The molecule has 0 aliphatic carbocycles. The second-order valence-electron chi connectivity index (χ2n) is 2.99. The van der Waals surface area contributed by atoms with Crippen LogP contribution < -0.4 is 16.4 Å². The van der Waals surface area contributed by atoms with Gasteiger partial charge in [-0.1, -0.05) is 0 Å². The second kappa shape index (κ2) is 4.73. The lowest BCUT2D eigenvalue weighted by atomic mass is 10.2. The summed E-state index contributed by atoms with van der Waals surface area (Å²) >= 11 is 0. The molecule has 1 aromatic carbocycles. The van der Waals surface area contributed by atoms with Gasteiger partial charge in [-0.05, 0) is 18.2 Å². The van der Waals surface area contributed by atoms with E-state index in [-0.39, 0.29) is 13.1 Å². The van der Waals surface area contributed by atoms with E-state index in [9.17, 15) is 0 Å². The van der Waals surface area contributed by atoms with Crippen molar-refractivity contribution in [3.05, 3.63) is 18.2 Å². The maximum atomic E-state index is 8.59. The van der Waals surface area contributed by atoms with Gasteiger partial charge >= 0.3 is 0 Å². The zero-order chi connectivity index (χ0) is 11.3. The molecular weight excluding hydrogens is 190 g/mol. The van der Waals surface area contributed by atoms with E-state index in [4.69, 9.17) is 22.0 Å². The fourth-order valence-corrected chi connectivity index (χ4v) is 1.17. The molecule has 0 aliphatic rings. The molecular formula is C10H11N5. The zero-order valence-corrected chi connectivity index (χ0v) is 8.14. The van der Waals surface area contributed by atoms with Crippen LogP contribution in [0.1, 0.15) is 0 Å². The van der Waals surface area contributed by atoms with Crippen LogP contribution in [0.25, 0.3) is 0 Å². The minimum Gasteiger partial charge on any atom is -0.397 e. The van der Waals surface area contributed by atoms with Crippen LogP contribution in [-0.2, 0) is 0 Å². The summed E-state index contributed by atoms with van der Waals surface area (Å²) in [6, 6.07) is 9.03. The van der Waals surface area contributed by atoms with E-state index in [1.807, 2.05) is 12.1 Å². The molecule has 5 heteroatoms. The van der Waals surface area contributed by atoms with Crippen molar-refractivity contribution in [1.29, 1.82) is 10.5 Å². The summed E-state index contributed by atoms with van der Waals surface area (Å²) in [7, 11) is 0. The molecule has 0 aromatic heterocycles. The lowest BCUT2D eigenvalue weighted by Gasteiger charge is -2.18. The van der Waals surface area contributed by atoms with Crippen molar-refractivity contribution in [3.8, 4) is 12.1 Å². The van der Waals surface area contributed by atoms with Crippen molar-refractivity contribution in [2.75, 3.05) is 29.5 Å². The molecule has 0 saturated carbocycles. The standard InChI is InChI=1S/C10H11N5/c11-3-5-15(6-4-12)8-1-2-9(13)10(14)7-8/h1-2,7H,5-6,13-14H2. The zero-order valence-electron chi connectivity index (χ0n) is 8.14. The highest BCUT2D eigenvalue weighted by Gasteiger charge is 2.06. The number of nitrogens with two attached hydrogens (primary N) is 2. The predicted octanol–water partition coefficient (Wildman–Crippen LogP) is 0.705. The third kappa shape index (κ3) is 2.52. The first kappa shape index (κ1) is 10.7. The largest absolute Gasteiger partial charge is 0.397 e. The van der Waals surface area contributed by atoms with E-state index in [1.165, 1.54) is 0 Å². The average Bonchev–Trinajstić information content (AvgIpc) is 2.22. The van der Waals surface area contributed by atoms with Crippen molar-refractivity contribution in [3.63, 3.8) is 0 Å². The SMILES string of the molecule is N#CCN(CC#N)c1ccc(N)c(N)c1. The quantitative estimate of drug-likeness (QED) is 0.553. The maximum absolute atomic E-state index is 8.59. The van der Waals surface area contributed by atoms with Gasteiger partial charge in [0.2, 0.25) is 0 Å². The van der Waals surface area contributed by atoms with Gasteiger partial charge in [0.25, 0.3) is 0 Å². The van der Waals surface area contributed by atoms with Crippen molar-refractivity contribution >= 4 is 17.1 Å². The number of rotatable bonds is 3. The van der Waals surface area contributed by atoms with Crippen LogP contribution in [0.5, 0.6) is 0 Å². The van der Waals surface area contributed by atoms with Crippen LogP contribution in [0.15, 0.2) is 18.2 Å². The molecule has 0 saturated heterocycles. The van der Waals surface area contributed by atoms with Crippen LogP contribution in [0.2, 0.25) is 0 Å². The molecule has 0 unspecified atom stereocenters. The fourth-order valence-electron chi connectivity index (χ4n) is 1.17. The number of benzene rings is 1. The van der Waals surface area contributed by atoms with Gasteiger partial charge in [-0.3, -0.25) is 0 Å². The second-order valence-corrected chi connectivity index (χ2v) is 2.99. The molecule has 1 rings (SSSR count). The van der Waals surface area contributed by atoms with Crippen LogP contribution >= 0.6 is 0 Å². The van der Waals surface area contributed by atoms with Crippen LogP contribution in [0, 0.1) is 22.7 Å². The summed E-state index contributed by atoms with van der Waals surface area (Å²) in [6.07, 6.45) is 0. The van der Waals surface area contributed by atoms with Crippen LogP contribution in [0.3, 0.4) is 0 Å². The summed E-state index contributed by atoms with van der Waals surface area (Å²) in [6.45, 7) is 0.299. The summed E-state index contributed by atoms with van der Waals surface area (Å²) < 4.78 is 0. The van der Waals surface area contributed by atoms with Crippen LogP contribution in [-0.4, -0.2) is 13.1 Å². The first-order chi connectivity index (χ1) is 7.19. The number of anilines is 3. The van der Waals surface area contributed by atoms with Gasteiger partial charge in [0, 0.05) is 5.69 Å². The Kier molecular flexibility index (Phi) is 3.37.